The van der Waals surface area contributed by atoms with E-state index < -0.39 is 11.9 Å². The quantitative estimate of drug-likeness (QED) is 0.757. The maximum atomic E-state index is 12.2. The van der Waals surface area contributed by atoms with E-state index >= 15 is 0 Å². The molecule has 0 bridgehead atoms. The molecular formula is C15H11N5O3. The Labute approximate surface area is 130 Å². The van der Waals surface area contributed by atoms with Crippen LogP contribution in [0, 0.1) is 0 Å². The number of aromatic nitrogens is 4. The first-order chi connectivity index (χ1) is 11.1. The Morgan fingerprint density at radius 1 is 1.00 bits per heavy atom. The molecule has 1 amide bonds. The number of carbonyl (C=O) groups is 2. The second kappa shape index (κ2) is 6.06. The van der Waals surface area contributed by atoms with Gasteiger partial charge in [0.1, 0.15) is 24.2 Å². The summed E-state index contributed by atoms with van der Waals surface area (Å²) in [4.78, 5) is 27.3. The van der Waals surface area contributed by atoms with E-state index in [0.717, 1.165) is 0 Å². The zero-order valence-electron chi connectivity index (χ0n) is 11.7. The van der Waals surface area contributed by atoms with Gasteiger partial charge in [-0.05, 0) is 36.4 Å². The van der Waals surface area contributed by atoms with Gasteiger partial charge in [-0.25, -0.2) is 9.78 Å². The van der Waals surface area contributed by atoms with Crippen LogP contribution in [0.2, 0.25) is 0 Å². The van der Waals surface area contributed by atoms with Gasteiger partial charge in [0.2, 0.25) is 0 Å². The third kappa shape index (κ3) is 3.21. The summed E-state index contributed by atoms with van der Waals surface area (Å²) in [5, 5.41) is 18.9. The maximum Gasteiger partial charge on any atom is 0.335 e. The van der Waals surface area contributed by atoms with Crippen LogP contribution in [0.15, 0.2) is 55.1 Å². The van der Waals surface area contributed by atoms with Crippen LogP contribution in [0.3, 0.4) is 0 Å². The molecule has 0 fully saturated rings. The lowest BCUT2D eigenvalue weighted by Gasteiger charge is -2.06. The van der Waals surface area contributed by atoms with Crippen LogP contribution in [0.5, 0.6) is 0 Å². The third-order valence-electron chi connectivity index (χ3n) is 3.04. The molecule has 0 saturated carbocycles. The summed E-state index contributed by atoms with van der Waals surface area (Å²) in [6.07, 6.45) is 2.96. The molecule has 0 radical (unpaired) electrons. The van der Waals surface area contributed by atoms with Gasteiger partial charge >= 0.3 is 5.97 Å². The van der Waals surface area contributed by atoms with Gasteiger partial charge in [0.25, 0.3) is 5.91 Å². The molecule has 2 N–H and O–H groups in total. The topological polar surface area (TPSA) is 110 Å². The lowest BCUT2D eigenvalue weighted by atomic mass is 10.2. The number of nitrogens with zero attached hydrogens (tertiary/aromatic N) is 4. The van der Waals surface area contributed by atoms with E-state index in [4.69, 9.17) is 5.11 Å². The fraction of sp³-hybridized carbons (Fsp3) is 0. The van der Waals surface area contributed by atoms with Crippen LogP contribution in [-0.2, 0) is 0 Å². The molecule has 0 unspecified atom stereocenters. The average molecular weight is 309 g/mol. The summed E-state index contributed by atoms with van der Waals surface area (Å²) in [5.74, 6) is -0.905. The zero-order chi connectivity index (χ0) is 16.2. The second-order valence-electron chi connectivity index (χ2n) is 4.59. The van der Waals surface area contributed by atoms with Gasteiger partial charge in [0, 0.05) is 5.69 Å². The van der Waals surface area contributed by atoms with E-state index in [0.29, 0.717) is 11.5 Å². The van der Waals surface area contributed by atoms with Gasteiger partial charge in [-0.15, -0.1) is 10.2 Å². The number of nitrogens with one attached hydrogen (secondary N) is 1. The summed E-state index contributed by atoms with van der Waals surface area (Å²) >= 11 is 0. The summed E-state index contributed by atoms with van der Waals surface area (Å²) in [7, 11) is 0. The highest BCUT2D eigenvalue weighted by Gasteiger charge is 2.10. The number of anilines is 1. The number of amides is 1. The van der Waals surface area contributed by atoms with Crippen LogP contribution < -0.4 is 5.32 Å². The SMILES string of the molecule is O=C(O)c1ccc(NC(=O)c2cccc(-n3cnnc3)n2)cc1. The molecular weight excluding hydrogens is 298 g/mol. The highest BCUT2D eigenvalue weighted by Crippen LogP contribution is 2.12. The van der Waals surface area contributed by atoms with Crippen LogP contribution in [-0.4, -0.2) is 36.7 Å². The van der Waals surface area contributed by atoms with Crippen molar-refractivity contribution < 1.29 is 14.7 Å². The van der Waals surface area contributed by atoms with Crippen LogP contribution in [0.1, 0.15) is 20.8 Å². The molecule has 0 spiro atoms. The highest BCUT2D eigenvalue weighted by molar-refractivity contribution is 6.03. The van der Waals surface area contributed by atoms with E-state index in [1.807, 2.05) is 0 Å². The number of pyridine rings is 1. The average Bonchev–Trinajstić information content (AvgIpc) is 3.10. The Morgan fingerprint density at radius 2 is 1.70 bits per heavy atom. The lowest BCUT2D eigenvalue weighted by Crippen LogP contribution is -2.14. The van der Waals surface area contributed by atoms with Crippen molar-refractivity contribution in [3.8, 4) is 5.82 Å². The number of rotatable bonds is 4. The van der Waals surface area contributed by atoms with Crippen LogP contribution in [0.4, 0.5) is 5.69 Å². The number of hydrogen-bond acceptors (Lipinski definition) is 5. The molecule has 114 valence electrons. The van der Waals surface area contributed by atoms with Crippen LogP contribution in [0.25, 0.3) is 5.82 Å². The first kappa shape index (κ1) is 14.4. The molecule has 23 heavy (non-hydrogen) atoms. The smallest absolute Gasteiger partial charge is 0.335 e. The molecule has 0 aliphatic heterocycles. The molecule has 2 aromatic heterocycles. The van der Waals surface area contributed by atoms with E-state index in [-0.39, 0.29) is 11.3 Å². The summed E-state index contributed by atoms with van der Waals surface area (Å²) in [6.45, 7) is 0. The molecule has 0 aliphatic carbocycles. The Morgan fingerprint density at radius 3 is 2.35 bits per heavy atom. The predicted molar refractivity (Wildman–Crippen MR) is 80.5 cm³/mol. The van der Waals surface area contributed by atoms with Crippen molar-refractivity contribution in [3.05, 3.63) is 66.4 Å². The summed E-state index contributed by atoms with van der Waals surface area (Å²) < 4.78 is 1.58. The molecule has 1 aromatic carbocycles. The van der Waals surface area contributed by atoms with Gasteiger partial charge in [0.15, 0.2) is 0 Å². The molecule has 0 aliphatic rings. The lowest BCUT2D eigenvalue weighted by molar-refractivity contribution is 0.0696. The van der Waals surface area contributed by atoms with E-state index in [2.05, 4.69) is 20.5 Å². The largest absolute Gasteiger partial charge is 0.478 e. The first-order valence-corrected chi connectivity index (χ1v) is 6.60. The minimum absolute atomic E-state index is 0.149. The fourth-order valence-corrected chi connectivity index (χ4v) is 1.90. The van der Waals surface area contributed by atoms with Crippen molar-refractivity contribution in [1.82, 2.24) is 19.7 Å². The number of carboxylic acid groups (broad SMARTS) is 1. The van der Waals surface area contributed by atoms with Crippen molar-refractivity contribution in [2.24, 2.45) is 0 Å². The van der Waals surface area contributed by atoms with Crippen molar-refractivity contribution >= 4 is 17.6 Å². The molecule has 0 saturated heterocycles. The Bertz CT molecular complexity index is 844. The van der Waals surface area contributed by atoms with Gasteiger partial charge in [-0.3, -0.25) is 9.36 Å². The van der Waals surface area contributed by atoms with Crippen molar-refractivity contribution in [3.63, 3.8) is 0 Å². The monoisotopic (exact) mass is 309 g/mol. The van der Waals surface area contributed by atoms with Gasteiger partial charge in [0.05, 0.1) is 5.56 Å². The number of carboxylic acids is 1. The third-order valence-corrected chi connectivity index (χ3v) is 3.04. The Balaban J connectivity index is 1.78. The fourth-order valence-electron chi connectivity index (χ4n) is 1.90. The second-order valence-corrected chi connectivity index (χ2v) is 4.59. The molecule has 8 nitrogen and oxygen atoms in total. The summed E-state index contributed by atoms with van der Waals surface area (Å²) in [6, 6.07) is 10.9. The number of carbonyl (C=O) groups excluding carboxylic acids is 1. The molecule has 8 heteroatoms. The number of aromatic carboxylic acids is 1. The van der Waals surface area contributed by atoms with E-state index in [9.17, 15) is 9.59 Å². The van der Waals surface area contributed by atoms with Crippen LogP contribution >= 0.6 is 0 Å². The maximum absolute atomic E-state index is 12.2. The minimum Gasteiger partial charge on any atom is -0.478 e. The zero-order valence-corrected chi connectivity index (χ0v) is 11.7. The highest BCUT2D eigenvalue weighted by atomic mass is 16.4. The van der Waals surface area contributed by atoms with Crippen molar-refractivity contribution in [2.75, 3.05) is 5.32 Å². The van der Waals surface area contributed by atoms with Crippen molar-refractivity contribution in [1.29, 1.82) is 0 Å². The van der Waals surface area contributed by atoms with E-state index in [1.54, 1.807) is 22.8 Å². The molecule has 0 atom stereocenters. The van der Waals surface area contributed by atoms with E-state index in [1.165, 1.54) is 36.9 Å². The minimum atomic E-state index is -1.02. The summed E-state index contributed by atoms with van der Waals surface area (Å²) in [5.41, 5.74) is 0.853. The predicted octanol–water partition coefficient (Wildman–Crippen LogP) is 1.61. The van der Waals surface area contributed by atoms with Crippen molar-refractivity contribution in [2.45, 2.75) is 0 Å². The molecule has 3 rings (SSSR count). The standard InChI is InChI=1S/C15H11N5O3/c21-14(18-11-6-4-10(5-7-11)15(22)23)12-2-1-3-13(19-12)20-8-16-17-9-20/h1-9H,(H,18,21)(H,22,23). The van der Waals surface area contributed by atoms with Gasteiger partial charge in [-0.2, -0.15) is 0 Å². The number of benzene rings is 1. The first-order valence-electron chi connectivity index (χ1n) is 6.60. The number of hydrogen-bond donors (Lipinski definition) is 2. The normalized spacial score (nSPS) is 10.3. The molecule has 3 aromatic rings. The van der Waals surface area contributed by atoms with Gasteiger partial charge < -0.3 is 10.4 Å². The Hall–Kier alpha value is -3.55. The van der Waals surface area contributed by atoms with Gasteiger partial charge in [-0.1, -0.05) is 6.07 Å². The Kier molecular flexibility index (Phi) is 3.79. The molecule has 2 heterocycles.